The maximum absolute atomic E-state index is 12.8. The Morgan fingerprint density at radius 3 is 2.42 bits per heavy atom. The van der Waals surface area contributed by atoms with E-state index in [4.69, 9.17) is 11.6 Å². The average molecular weight is 373 g/mol. The molecule has 1 heterocycles. The number of hydrogen-bond acceptors (Lipinski definition) is 3. The number of benzene rings is 1. The van der Waals surface area contributed by atoms with Crippen molar-refractivity contribution in [3.63, 3.8) is 0 Å². The van der Waals surface area contributed by atoms with Gasteiger partial charge in [0.1, 0.15) is 4.90 Å². The Morgan fingerprint density at radius 1 is 1.21 bits per heavy atom. The summed E-state index contributed by atoms with van der Waals surface area (Å²) in [7, 11) is -3.64. The number of sulfonamides is 1. The van der Waals surface area contributed by atoms with Crippen LogP contribution in [0.15, 0.2) is 23.1 Å². The molecular formula is C17H25ClN2O3S. The molecule has 24 heavy (non-hydrogen) atoms. The van der Waals surface area contributed by atoms with Crippen molar-refractivity contribution in [1.82, 2.24) is 4.31 Å². The van der Waals surface area contributed by atoms with Crippen molar-refractivity contribution in [3.05, 3.63) is 23.2 Å². The predicted molar refractivity (Wildman–Crippen MR) is 96.8 cm³/mol. The minimum atomic E-state index is -3.64. The predicted octanol–water partition coefficient (Wildman–Crippen LogP) is 3.89. The summed E-state index contributed by atoms with van der Waals surface area (Å²) >= 11 is 6.12. The van der Waals surface area contributed by atoms with Crippen LogP contribution in [0.4, 0.5) is 5.69 Å². The van der Waals surface area contributed by atoms with Crippen LogP contribution in [0.25, 0.3) is 0 Å². The Hall–Kier alpha value is -1.11. The fraction of sp³-hybridized carbons (Fsp3) is 0.588. The van der Waals surface area contributed by atoms with Crippen LogP contribution in [-0.2, 0) is 14.8 Å². The first-order chi connectivity index (χ1) is 11.1. The summed E-state index contributed by atoms with van der Waals surface area (Å²) in [5.41, 5.74) is 0.309. The lowest BCUT2D eigenvalue weighted by atomic mass is 9.92. The van der Waals surface area contributed by atoms with Crippen molar-refractivity contribution in [1.29, 1.82) is 0 Å². The second-order valence-electron chi connectivity index (χ2n) is 7.40. The van der Waals surface area contributed by atoms with E-state index in [0.29, 0.717) is 25.2 Å². The molecular weight excluding hydrogens is 348 g/mol. The maximum Gasteiger partial charge on any atom is 0.244 e. The standard InChI is InChI=1S/C17H25ClN2O3S/c1-17(2,3)12-16(21)19-13-7-8-14(18)15(11-13)24(22,23)20-9-5-4-6-10-20/h7-8,11H,4-6,9-10,12H2,1-3H3,(H,19,21). The van der Waals surface area contributed by atoms with Gasteiger partial charge in [-0.05, 0) is 36.5 Å². The molecule has 1 aromatic rings. The molecule has 1 aromatic carbocycles. The molecule has 134 valence electrons. The van der Waals surface area contributed by atoms with Crippen LogP contribution in [0, 0.1) is 5.41 Å². The number of carbonyl (C=O) groups excluding carboxylic acids is 1. The molecule has 2 rings (SSSR count). The number of halogens is 1. The molecule has 1 N–H and O–H groups in total. The van der Waals surface area contributed by atoms with Gasteiger partial charge in [-0.15, -0.1) is 0 Å². The van der Waals surface area contributed by atoms with E-state index < -0.39 is 10.0 Å². The highest BCUT2D eigenvalue weighted by Gasteiger charge is 2.28. The van der Waals surface area contributed by atoms with Gasteiger partial charge in [-0.1, -0.05) is 38.8 Å². The maximum atomic E-state index is 12.8. The quantitative estimate of drug-likeness (QED) is 0.871. The highest BCUT2D eigenvalue weighted by Crippen LogP contribution is 2.30. The Labute approximate surface area is 149 Å². The van der Waals surface area contributed by atoms with E-state index >= 15 is 0 Å². The molecule has 1 aliphatic heterocycles. The fourth-order valence-corrected chi connectivity index (χ4v) is 4.73. The minimum Gasteiger partial charge on any atom is -0.326 e. The molecule has 0 saturated carbocycles. The summed E-state index contributed by atoms with van der Waals surface area (Å²) in [5, 5.41) is 2.94. The minimum absolute atomic E-state index is 0.0552. The molecule has 7 heteroatoms. The topological polar surface area (TPSA) is 66.5 Å². The van der Waals surface area contributed by atoms with Crippen molar-refractivity contribution in [2.24, 2.45) is 5.41 Å². The van der Waals surface area contributed by atoms with Crippen molar-refractivity contribution < 1.29 is 13.2 Å². The number of anilines is 1. The smallest absolute Gasteiger partial charge is 0.244 e. The van der Waals surface area contributed by atoms with Crippen LogP contribution in [-0.4, -0.2) is 31.7 Å². The number of rotatable bonds is 4. The van der Waals surface area contributed by atoms with Gasteiger partial charge in [0, 0.05) is 25.2 Å². The summed E-state index contributed by atoms with van der Waals surface area (Å²) in [6.45, 7) is 6.95. The van der Waals surface area contributed by atoms with Gasteiger partial charge in [-0.2, -0.15) is 4.31 Å². The number of hydrogen-bond donors (Lipinski definition) is 1. The Kier molecular flexibility index (Phi) is 5.94. The van der Waals surface area contributed by atoms with Crippen molar-refractivity contribution >= 4 is 33.2 Å². The first-order valence-corrected chi connectivity index (χ1v) is 10.0. The molecule has 0 spiro atoms. The van der Waals surface area contributed by atoms with Crippen LogP contribution in [0.1, 0.15) is 46.5 Å². The van der Waals surface area contributed by atoms with E-state index in [1.807, 2.05) is 20.8 Å². The molecule has 1 fully saturated rings. The largest absolute Gasteiger partial charge is 0.326 e. The number of carbonyl (C=O) groups is 1. The van der Waals surface area contributed by atoms with Gasteiger partial charge in [0.25, 0.3) is 0 Å². The van der Waals surface area contributed by atoms with Crippen LogP contribution in [0.2, 0.25) is 5.02 Å². The zero-order valence-corrected chi connectivity index (χ0v) is 16.0. The van der Waals surface area contributed by atoms with Gasteiger partial charge in [0.15, 0.2) is 0 Å². The molecule has 1 aliphatic rings. The lowest BCUT2D eigenvalue weighted by Gasteiger charge is -2.26. The van der Waals surface area contributed by atoms with Gasteiger partial charge < -0.3 is 5.32 Å². The van der Waals surface area contributed by atoms with Gasteiger partial charge in [0.05, 0.1) is 5.02 Å². The molecule has 0 radical (unpaired) electrons. The number of nitrogens with zero attached hydrogens (tertiary/aromatic N) is 1. The number of nitrogens with one attached hydrogen (secondary N) is 1. The summed E-state index contributed by atoms with van der Waals surface area (Å²) < 4.78 is 27.1. The average Bonchev–Trinajstić information content (AvgIpc) is 2.48. The summed E-state index contributed by atoms with van der Waals surface area (Å²) in [4.78, 5) is 12.1. The number of amides is 1. The Morgan fingerprint density at radius 2 is 1.83 bits per heavy atom. The van der Waals surface area contributed by atoms with Crippen LogP contribution in [0.3, 0.4) is 0 Å². The first-order valence-electron chi connectivity index (χ1n) is 8.19. The third-order valence-corrected chi connectivity index (χ3v) is 6.22. The second kappa shape index (κ2) is 7.42. The van der Waals surface area contributed by atoms with Gasteiger partial charge >= 0.3 is 0 Å². The van der Waals surface area contributed by atoms with E-state index in [9.17, 15) is 13.2 Å². The zero-order chi connectivity index (χ0) is 18.0. The lowest BCUT2D eigenvalue weighted by molar-refractivity contribution is -0.117. The molecule has 0 aliphatic carbocycles. The van der Waals surface area contributed by atoms with E-state index in [2.05, 4.69) is 5.32 Å². The van der Waals surface area contributed by atoms with Gasteiger partial charge in [-0.3, -0.25) is 4.79 Å². The van der Waals surface area contributed by atoms with E-state index in [1.54, 1.807) is 6.07 Å². The summed E-state index contributed by atoms with van der Waals surface area (Å²) in [5.74, 6) is -0.147. The first kappa shape index (κ1) is 19.2. The van der Waals surface area contributed by atoms with E-state index in [1.165, 1.54) is 16.4 Å². The van der Waals surface area contributed by atoms with Gasteiger partial charge in [0.2, 0.25) is 15.9 Å². The molecule has 1 saturated heterocycles. The highest BCUT2D eigenvalue weighted by molar-refractivity contribution is 7.89. The molecule has 5 nitrogen and oxygen atoms in total. The molecule has 0 aromatic heterocycles. The Balaban J connectivity index is 2.23. The van der Waals surface area contributed by atoms with E-state index in [0.717, 1.165) is 19.3 Å². The molecule has 0 unspecified atom stereocenters. The van der Waals surface area contributed by atoms with Gasteiger partial charge in [-0.25, -0.2) is 8.42 Å². The number of piperidine rings is 1. The molecule has 1 amide bonds. The lowest BCUT2D eigenvalue weighted by Crippen LogP contribution is -2.35. The third kappa shape index (κ3) is 4.94. The Bertz CT molecular complexity index is 705. The normalized spacial score (nSPS) is 16.8. The van der Waals surface area contributed by atoms with Crippen molar-refractivity contribution in [3.8, 4) is 0 Å². The molecule has 0 atom stereocenters. The SMILES string of the molecule is CC(C)(C)CC(=O)Nc1ccc(Cl)c(S(=O)(=O)N2CCCCC2)c1. The molecule has 0 bridgehead atoms. The summed E-state index contributed by atoms with van der Waals surface area (Å²) in [6.07, 6.45) is 3.12. The van der Waals surface area contributed by atoms with Crippen molar-refractivity contribution in [2.75, 3.05) is 18.4 Å². The fourth-order valence-electron chi connectivity index (χ4n) is 2.71. The zero-order valence-electron chi connectivity index (χ0n) is 14.4. The summed E-state index contributed by atoms with van der Waals surface area (Å²) in [6, 6.07) is 4.59. The highest BCUT2D eigenvalue weighted by atomic mass is 35.5. The van der Waals surface area contributed by atoms with Crippen LogP contribution in [0.5, 0.6) is 0 Å². The third-order valence-electron chi connectivity index (χ3n) is 3.84. The van der Waals surface area contributed by atoms with Crippen LogP contribution >= 0.6 is 11.6 Å². The van der Waals surface area contributed by atoms with E-state index in [-0.39, 0.29) is 21.2 Å². The second-order valence-corrected chi connectivity index (χ2v) is 9.71. The van der Waals surface area contributed by atoms with Crippen molar-refractivity contribution in [2.45, 2.75) is 51.3 Å². The van der Waals surface area contributed by atoms with Crippen LogP contribution < -0.4 is 5.32 Å². The monoisotopic (exact) mass is 372 g/mol.